The Kier molecular flexibility index (Phi) is 7.15. The van der Waals surface area contributed by atoms with Crippen LogP contribution < -0.4 is 4.90 Å². The monoisotopic (exact) mass is 568 g/mol. The fourth-order valence-electron chi connectivity index (χ4n) is 5.08. The molecule has 3 aromatic heterocycles. The number of morpholine rings is 1. The molecule has 12 heteroatoms. The van der Waals surface area contributed by atoms with Crippen molar-refractivity contribution in [1.82, 2.24) is 24.2 Å². The molecule has 0 amide bonds. The molecule has 0 bridgehead atoms. The van der Waals surface area contributed by atoms with Crippen LogP contribution in [0.3, 0.4) is 0 Å². The Balaban J connectivity index is 1.35. The normalized spacial score (nSPS) is 17.8. The number of hydrogen-bond donors (Lipinski definition) is 0. The molecule has 206 valence electrons. The number of fused-ring (bicyclic) bond motifs is 1. The largest absolute Gasteiger partial charge is 0.444 e. The Morgan fingerprint density at radius 1 is 1.00 bits per heavy atom. The number of rotatable bonds is 6. The number of anilines is 1. The van der Waals surface area contributed by atoms with Gasteiger partial charge in [0.15, 0.2) is 11.6 Å². The minimum Gasteiger partial charge on any atom is -0.444 e. The zero-order valence-electron chi connectivity index (χ0n) is 22.4. The van der Waals surface area contributed by atoms with Gasteiger partial charge in [0.2, 0.25) is 15.9 Å². The molecular formula is C27H32N6O4S2. The van der Waals surface area contributed by atoms with Crippen LogP contribution in [0.4, 0.5) is 5.82 Å². The van der Waals surface area contributed by atoms with Crippen molar-refractivity contribution >= 4 is 37.4 Å². The highest BCUT2D eigenvalue weighted by Crippen LogP contribution is 2.38. The molecule has 2 saturated heterocycles. The van der Waals surface area contributed by atoms with Gasteiger partial charge in [-0.05, 0) is 31.5 Å². The third-order valence-electron chi connectivity index (χ3n) is 7.32. The number of hydrogen-bond acceptors (Lipinski definition) is 10. The van der Waals surface area contributed by atoms with Gasteiger partial charge in [-0.3, -0.25) is 4.90 Å². The first-order chi connectivity index (χ1) is 18.8. The summed E-state index contributed by atoms with van der Waals surface area (Å²) in [5.74, 6) is 1.99. The van der Waals surface area contributed by atoms with Crippen LogP contribution in [0.25, 0.3) is 33.2 Å². The minimum absolute atomic E-state index is 0.515. The van der Waals surface area contributed by atoms with Crippen molar-refractivity contribution < 1.29 is 17.6 Å². The molecule has 39 heavy (non-hydrogen) atoms. The second-order valence-electron chi connectivity index (χ2n) is 10.1. The van der Waals surface area contributed by atoms with Gasteiger partial charge in [-0.15, -0.1) is 11.3 Å². The first-order valence-electron chi connectivity index (χ1n) is 13.1. The van der Waals surface area contributed by atoms with E-state index in [4.69, 9.17) is 24.1 Å². The van der Waals surface area contributed by atoms with Crippen LogP contribution in [0.2, 0.25) is 0 Å². The predicted octanol–water partition coefficient (Wildman–Crippen LogP) is 3.54. The van der Waals surface area contributed by atoms with Crippen LogP contribution in [-0.2, 0) is 21.3 Å². The lowest BCUT2D eigenvalue weighted by molar-refractivity contribution is 0.122. The molecule has 2 aliphatic heterocycles. The molecule has 6 rings (SSSR count). The summed E-state index contributed by atoms with van der Waals surface area (Å²) in [5.41, 5.74) is 4.71. The molecule has 1 aromatic carbocycles. The Labute approximate surface area is 232 Å². The summed E-state index contributed by atoms with van der Waals surface area (Å²) in [6.45, 7) is 10.2. The Morgan fingerprint density at radius 3 is 2.49 bits per heavy atom. The number of benzene rings is 1. The van der Waals surface area contributed by atoms with Crippen LogP contribution in [0.15, 0.2) is 34.9 Å². The molecule has 0 saturated carbocycles. The van der Waals surface area contributed by atoms with Gasteiger partial charge in [-0.1, -0.05) is 17.7 Å². The van der Waals surface area contributed by atoms with E-state index in [1.165, 1.54) is 11.1 Å². The van der Waals surface area contributed by atoms with E-state index in [0.717, 1.165) is 52.4 Å². The summed E-state index contributed by atoms with van der Waals surface area (Å²) in [7, 11) is -3.16. The molecule has 0 aliphatic carbocycles. The minimum atomic E-state index is -3.16. The van der Waals surface area contributed by atoms with Crippen LogP contribution in [-0.4, -0.2) is 91.3 Å². The quantitative estimate of drug-likeness (QED) is 0.345. The van der Waals surface area contributed by atoms with Gasteiger partial charge in [0.25, 0.3) is 0 Å². The average Bonchev–Trinajstić information content (AvgIpc) is 3.54. The van der Waals surface area contributed by atoms with Crippen molar-refractivity contribution in [3.63, 3.8) is 0 Å². The van der Waals surface area contributed by atoms with Gasteiger partial charge >= 0.3 is 0 Å². The lowest BCUT2D eigenvalue weighted by Gasteiger charge is -2.33. The average molecular weight is 569 g/mol. The predicted molar refractivity (Wildman–Crippen MR) is 153 cm³/mol. The molecule has 10 nitrogen and oxygen atoms in total. The third-order valence-corrected chi connectivity index (χ3v) is 9.89. The van der Waals surface area contributed by atoms with Crippen LogP contribution in [0.1, 0.15) is 16.0 Å². The zero-order valence-corrected chi connectivity index (χ0v) is 24.0. The SMILES string of the molecule is Cc1cccc(-c2nc(-c3nc(N4CCOCC4)c4sc(CN5CCN(S(C)(=O)=O)CC5)c(C)c4n3)co2)c1. The highest BCUT2D eigenvalue weighted by molar-refractivity contribution is 7.88. The summed E-state index contributed by atoms with van der Waals surface area (Å²) in [4.78, 5) is 20.6. The topological polar surface area (TPSA) is 105 Å². The first kappa shape index (κ1) is 26.3. The van der Waals surface area contributed by atoms with Crippen LogP contribution in [0, 0.1) is 13.8 Å². The van der Waals surface area contributed by atoms with Crippen molar-refractivity contribution in [3.8, 4) is 23.0 Å². The molecular weight excluding hydrogens is 536 g/mol. The van der Waals surface area contributed by atoms with Crippen molar-refractivity contribution in [2.45, 2.75) is 20.4 Å². The summed E-state index contributed by atoms with van der Waals surface area (Å²) >= 11 is 1.73. The van der Waals surface area contributed by atoms with Crippen molar-refractivity contribution in [1.29, 1.82) is 0 Å². The van der Waals surface area contributed by atoms with E-state index in [9.17, 15) is 8.42 Å². The molecule has 0 unspecified atom stereocenters. The Morgan fingerprint density at radius 2 is 1.77 bits per heavy atom. The van der Waals surface area contributed by atoms with Crippen LogP contribution >= 0.6 is 11.3 Å². The third kappa shape index (κ3) is 5.44. The number of oxazole rings is 1. The maximum atomic E-state index is 11.9. The summed E-state index contributed by atoms with van der Waals surface area (Å²) in [6.07, 6.45) is 2.91. The Bertz CT molecular complexity index is 1600. The molecule has 0 radical (unpaired) electrons. The van der Waals surface area contributed by atoms with Crippen LogP contribution in [0.5, 0.6) is 0 Å². The second-order valence-corrected chi connectivity index (χ2v) is 13.2. The molecule has 4 aromatic rings. The van der Waals surface area contributed by atoms with Gasteiger partial charge in [-0.25, -0.2) is 23.4 Å². The maximum Gasteiger partial charge on any atom is 0.226 e. The van der Waals surface area contributed by atoms with Gasteiger partial charge in [0, 0.05) is 56.3 Å². The summed E-state index contributed by atoms with van der Waals surface area (Å²) in [6, 6.07) is 8.06. The molecule has 5 heterocycles. The highest BCUT2D eigenvalue weighted by atomic mass is 32.2. The maximum absolute atomic E-state index is 11.9. The summed E-state index contributed by atoms with van der Waals surface area (Å²) < 4.78 is 37.9. The number of thiophene rings is 1. The van der Waals surface area contributed by atoms with Crippen molar-refractivity contribution in [2.75, 3.05) is 63.6 Å². The van der Waals surface area contributed by atoms with E-state index in [1.54, 1.807) is 21.9 Å². The van der Waals surface area contributed by atoms with Gasteiger partial charge in [-0.2, -0.15) is 4.31 Å². The van der Waals surface area contributed by atoms with Gasteiger partial charge in [0.05, 0.1) is 29.7 Å². The number of ether oxygens (including phenoxy) is 1. The van der Waals surface area contributed by atoms with Crippen molar-refractivity contribution in [2.24, 2.45) is 0 Å². The Hall–Kier alpha value is -2.90. The number of sulfonamides is 1. The van der Waals surface area contributed by atoms with E-state index < -0.39 is 10.0 Å². The molecule has 2 aliphatic rings. The highest BCUT2D eigenvalue weighted by Gasteiger charge is 2.27. The molecule has 0 atom stereocenters. The number of aromatic nitrogens is 3. The van der Waals surface area contributed by atoms with E-state index in [-0.39, 0.29) is 0 Å². The molecule has 0 N–H and O–H groups in total. The van der Waals surface area contributed by atoms with E-state index in [0.29, 0.717) is 56.8 Å². The number of piperazine rings is 1. The molecule has 2 fully saturated rings. The van der Waals surface area contributed by atoms with Gasteiger partial charge < -0.3 is 14.1 Å². The van der Waals surface area contributed by atoms with Crippen molar-refractivity contribution in [3.05, 3.63) is 46.5 Å². The fourth-order valence-corrected chi connectivity index (χ4v) is 7.21. The number of nitrogens with zero attached hydrogens (tertiary/aromatic N) is 6. The van der Waals surface area contributed by atoms with E-state index in [2.05, 4.69) is 16.7 Å². The second kappa shape index (κ2) is 10.6. The summed E-state index contributed by atoms with van der Waals surface area (Å²) in [5, 5.41) is 0. The zero-order chi connectivity index (χ0) is 27.1. The molecule has 0 spiro atoms. The lowest BCUT2D eigenvalue weighted by Crippen LogP contribution is -2.47. The lowest BCUT2D eigenvalue weighted by atomic mass is 10.1. The first-order valence-corrected chi connectivity index (χ1v) is 15.8. The number of aryl methyl sites for hydroxylation is 2. The standard InChI is InChI=1S/C27H32N6O4S2/c1-18-5-4-6-20(15-18)27-28-21(17-37-27)25-29-23-19(2)22(16-31-7-9-33(10-8-31)39(3,34)35)38-24(23)26(30-25)32-11-13-36-14-12-32/h4-6,15,17H,7-14,16H2,1-3H3. The van der Waals surface area contributed by atoms with E-state index in [1.807, 2.05) is 31.2 Å². The fraction of sp³-hybridized carbons (Fsp3) is 0.444. The van der Waals surface area contributed by atoms with Gasteiger partial charge in [0.1, 0.15) is 12.0 Å². The smallest absolute Gasteiger partial charge is 0.226 e. The van der Waals surface area contributed by atoms with E-state index >= 15 is 0 Å².